The predicted octanol–water partition coefficient (Wildman–Crippen LogP) is 8.62. The predicted molar refractivity (Wildman–Crippen MR) is 158 cm³/mol. The molecule has 0 bridgehead atoms. The number of nitrogens with zero attached hydrogens (tertiary/aromatic N) is 3. The maximum Gasteiger partial charge on any atom is 0.0267 e. The summed E-state index contributed by atoms with van der Waals surface area (Å²) in [6.07, 6.45) is 6.51. The molecule has 2 radical (unpaired) electrons. The summed E-state index contributed by atoms with van der Waals surface area (Å²) in [6.45, 7) is 18.5. The Bertz CT molecular complexity index is 947. The van der Waals surface area contributed by atoms with E-state index in [0.29, 0.717) is 31.8 Å². The Labute approximate surface area is 240 Å². The largest absolute Gasteiger partial charge is 0.265 e. The molecule has 1 aliphatic rings. The van der Waals surface area contributed by atoms with Crippen molar-refractivity contribution in [3.05, 3.63) is 115 Å². The number of pyridine rings is 1. The normalized spacial score (nSPS) is 15.3. The van der Waals surface area contributed by atoms with E-state index < -0.39 is 0 Å². The van der Waals surface area contributed by atoms with Crippen molar-refractivity contribution in [1.29, 1.82) is 0 Å². The number of halogens is 2. The van der Waals surface area contributed by atoms with Gasteiger partial charge in [0.05, 0.1) is 0 Å². The van der Waals surface area contributed by atoms with Crippen LogP contribution in [0.1, 0.15) is 56.2 Å². The average molecular weight is 706 g/mol. The summed E-state index contributed by atoms with van der Waals surface area (Å²) in [5.74, 6) is 0.975. The fraction of sp³-hybridized carbons (Fsp3) is 0.333. The summed E-state index contributed by atoms with van der Waals surface area (Å²) in [5.41, 5.74) is 5.55. The first kappa shape index (κ1) is 30.9. The smallest absolute Gasteiger partial charge is 0.0267 e. The number of aromatic nitrogens is 1. The van der Waals surface area contributed by atoms with E-state index in [1.165, 1.54) is 22.4 Å². The van der Waals surface area contributed by atoms with Crippen LogP contribution in [-0.2, 0) is 20.4 Å². The van der Waals surface area contributed by atoms with E-state index in [1.807, 2.05) is 24.3 Å². The Morgan fingerprint density at radius 1 is 0.944 bits per heavy atom. The SMILES string of the molecule is C=CCN1[C]N(c2c(C(C)C)cccc2C(C)C)C[C@@H]1Cc1ccccc1.[Br][Pd][Br].c1ccncc1. The minimum absolute atomic E-state index is 0.408. The molecule has 1 aliphatic heterocycles. The van der Waals surface area contributed by atoms with Gasteiger partial charge in [0.15, 0.2) is 6.67 Å². The second kappa shape index (κ2) is 17.3. The van der Waals surface area contributed by atoms with Crippen LogP contribution in [0.25, 0.3) is 0 Å². The molecule has 0 spiro atoms. The molecule has 0 amide bonds. The van der Waals surface area contributed by atoms with Gasteiger partial charge in [0.2, 0.25) is 0 Å². The summed E-state index contributed by atoms with van der Waals surface area (Å²) in [6, 6.07) is 23.6. The third-order valence-corrected chi connectivity index (χ3v) is 5.90. The first-order valence-electron chi connectivity index (χ1n) is 12.2. The number of benzene rings is 2. The Morgan fingerprint density at radius 2 is 1.50 bits per heavy atom. The minimum atomic E-state index is 0.408. The topological polar surface area (TPSA) is 19.4 Å². The molecule has 36 heavy (non-hydrogen) atoms. The van der Waals surface area contributed by atoms with Crippen molar-refractivity contribution in [2.24, 2.45) is 0 Å². The van der Waals surface area contributed by atoms with Crippen LogP contribution in [0, 0.1) is 6.67 Å². The number of hydrogen-bond acceptors (Lipinski definition) is 3. The van der Waals surface area contributed by atoms with E-state index in [1.54, 1.807) is 12.4 Å². The molecule has 0 saturated carbocycles. The number of para-hydroxylation sites is 1. The molecule has 1 fully saturated rings. The quantitative estimate of drug-likeness (QED) is 0.181. The van der Waals surface area contributed by atoms with Gasteiger partial charge in [-0.15, -0.1) is 6.58 Å². The van der Waals surface area contributed by atoms with Gasteiger partial charge >= 0.3 is 40.8 Å². The number of hydrogen-bond donors (Lipinski definition) is 0. The molecule has 0 aliphatic carbocycles. The monoisotopic (exact) mass is 703 g/mol. The van der Waals surface area contributed by atoms with E-state index in [2.05, 4.69) is 131 Å². The molecule has 2 aromatic carbocycles. The van der Waals surface area contributed by atoms with Crippen LogP contribution < -0.4 is 4.90 Å². The summed E-state index contributed by atoms with van der Waals surface area (Å²) in [4.78, 5) is 8.47. The van der Waals surface area contributed by atoms with Crippen molar-refractivity contribution in [3.63, 3.8) is 0 Å². The molecule has 0 unspecified atom stereocenters. The second-order valence-electron chi connectivity index (χ2n) is 9.16. The molecule has 1 saturated heterocycles. The van der Waals surface area contributed by atoms with Gasteiger partial charge in [0.1, 0.15) is 0 Å². The van der Waals surface area contributed by atoms with Crippen molar-refractivity contribution in [1.82, 2.24) is 9.88 Å². The van der Waals surface area contributed by atoms with Crippen molar-refractivity contribution >= 4 is 32.5 Å². The van der Waals surface area contributed by atoms with E-state index in [-0.39, 0.29) is 0 Å². The average Bonchev–Trinajstić information content (AvgIpc) is 3.28. The molecule has 3 aromatic rings. The summed E-state index contributed by atoms with van der Waals surface area (Å²) >= 11 is 6.80. The minimum Gasteiger partial charge on any atom is -0.265 e. The van der Waals surface area contributed by atoms with Crippen molar-refractivity contribution < 1.29 is 13.9 Å². The molecule has 4 rings (SSSR count). The second-order valence-corrected chi connectivity index (χ2v) is 16.3. The van der Waals surface area contributed by atoms with Crippen LogP contribution >= 0.6 is 26.9 Å². The summed E-state index contributed by atoms with van der Waals surface area (Å²) < 4.78 is 0. The number of rotatable bonds is 7. The van der Waals surface area contributed by atoms with Gasteiger partial charge in [-0.05, 0) is 47.1 Å². The summed E-state index contributed by atoms with van der Waals surface area (Å²) in [7, 11) is 0. The van der Waals surface area contributed by atoms with Crippen LogP contribution in [0.5, 0.6) is 0 Å². The Kier molecular flexibility index (Phi) is 14.8. The molecule has 0 N–H and O–H groups in total. The molecule has 2 heterocycles. The van der Waals surface area contributed by atoms with E-state index in [9.17, 15) is 0 Å². The zero-order valence-corrected chi connectivity index (χ0v) is 26.3. The fourth-order valence-corrected chi connectivity index (χ4v) is 4.25. The van der Waals surface area contributed by atoms with Gasteiger partial charge in [0.25, 0.3) is 0 Å². The first-order valence-corrected chi connectivity index (χ1v) is 19.3. The van der Waals surface area contributed by atoms with Crippen molar-refractivity contribution in [2.75, 3.05) is 18.0 Å². The number of anilines is 1. The third kappa shape index (κ3) is 9.88. The maximum atomic E-state index is 3.95. The van der Waals surface area contributed by atoms with Gasteiger partial charge in [0, 0.05) is 37.2 Å². The van der Waals surface area contributed by atoms with E-state index in [0.717, 1.165) is 19.5 Å². The fourth-order valence-electron chi connectivity index (χ4n) is 4.25. The maximum absolute atomic E-state index is 3.95. The van der Waals surface area contributed by atoms with Gasteiger partial charge in [-0.1, -0.05) is 88.4 Å². The van der Waals surface area contributed by atoms with Crippen molar-refractivity contribution in [2.45, 2.75) is 52.0 Å². The van der Waals surface area contributed by atoms with Crippen LogP contribution in [0.15, 0.2) is 91.8 Å². The van der Waals surface area contributed by atoms with E-state index in [4.69, 9.17) is 0 Å². The van der Waals surface area contributed by atoms with Crippen LogP contribution in [0.3, 0.4) is 0 Å². The van der Waals surface area contributed by atoms with Gasteiger partial charge in [-0.2, -0.15) is 0 Å². The zero-order valence-electron chi connectivity index (χ0n) is 21.6. The zero-order chi connectivity index (χ0) is 26.3. The van der Waals surface area contributed by atoms with Crippen molar-refractivity contribution in [3.8, 4) is 0 Å². The standard InChI is InChI=1S/C25H32N2.C5H5N.2BrH.Pd/c1-6-15-26-18-27(17-22(26)16-21-11-8-7-9-12-21)25-23(19(2)3)13-10-14-24(25)20(4)5;1-2-4-6-5-3-1;;;/h6-14,19-20,22H,1,15-17H2,2-5H3;1-5H;2*1H;/q;;;;+2/p-2/t22-;;;;/m0..../s1. The van der Waals surface area contributed by atoms with Crippen LogP contribution in [0.4, 0.5) is 5.69 Å². The molecule has 1 atom stereocenters. The molecular weight excluding hydrogens is 669 g/mol. The van der Waals surface area contributed by atoms with Gasteiger partial charge in [-0.3, -0.25) is 9.88 Å². The Hall–Kier alpha value is -1.29. The molecular formula is C30H37Br2N3Pd. The van der Waals surface area contributed by atoms with Gasteiger partial charge in [-0.25, -0.2) is 0 Å². The molecule has 6 heteroatoms. The Balaban J connectivity index is 0.000000430. The van der Waals surface area contributed by atoms with Gasteiger partial charge < -0.3 is 4.90 Å². The van der Waals surface area contributed by atoms with Crippen LogP contribution in [-0.4, -0.2) is 29.0 Å². The van der Waals surface area contributed by atoms with E-state index >= 15 is 0 Å². The molecule has 3 nitrogen and oxygen atoms in total. The Morgan fingerprint density at radius 3 is 1.94 bits per heavy atom. The molecule has 196 valence electrons. The molecule has 1 aromatic heterocycles. The summed E-state index contributed by atoms with van der Waals surface area (Å²) in [5, 5.41) is 0. The first-order chi connectivity index (χ1) is 17.4. The third-order valence-electron chi connectivity index (χ3n) is 5.90. The van der Waals surface area contributed by atoms with Crippen LogP contribution in [0.2, 0.25) is 0 Å².